The fourth-order valence-electron chi connectivity index (χ4n) is 2.68. The summed E-state index contributed by atoms with van der Waals surface area (Å²) in [5, 5.41) is 12.4. The SMILES string of the molecule is CC[C@H](CO)C(=O)NCC(=O)N1CCN(c2ccc(Cl)cc2)CC1. The highest BCUT2D eigenvalue weighted by molar-refractivity contribution is 6.30. The van der Waals surface area contributed by atoms with Crippen molar-refractivity contribution in [2.45, 2.75) is 13.3 Å². The van der Waals surface area contributed by atoms with Crippen LogP contribution in [-0.4, -0.2) is 61.2 Å². The highest BCUT2D eigenvalue weighted by Gasteiger charge is 2.22. The smallest absolute Gasteiger partial charge is 0.242 e. The highest BCUT2D eigenvalue weighted by atomic mass is 35.5. The molecule has 0 aromatic heterocycles. The molecule has 0 radical (unpaired) electrons. The zero-order valence-electron chi connectivity index (χ0n) is 13.9. The van der Waals surface area contributed by atoms with Crippen LogP contribution in [0.5, 0.6) is 0 Å². The van der Waals surface area contributed by atoms with Crippen molar-refractivity contribution in [1.82, 2.24) is 10.2 Å². The summed E-state index contributed by atoms with van der Waals surface area (Å²) in [6, 6.07) is 7.66. The molecule has 1 fully saturated rings. The van der Waals surface area contributed by atoms with Crippen molar-refractivity contribution in [3.05, 3.63) is 29.3 Å². The Morgan fingerprint density at radius 2 is 1.83 bits per heavy atom. The number of carbonyl (C=O) groups excluding carboxylic acids is 2. The van der Waals surface area contributed by atoms with E-state index in [1.165, 1.54) is 0 Å². The van der Waals surface area contributed by atoms with Gasteiger partial charge < -0.3 is 20.2 Å². The van der Waals surface area contributed by atoms with E-state index in [1.54, 1.807) is 4.90 Å². The molecule has 0 unspecified atom stereocenters. The van der Waals surface area contributed by atoms with Crippen molar-refractivity contribution in [1.29, 1.82) is 0 Å². The van der Waals surface area contributed by atoms with Crippen LogP contribution in [0, 0.1) is 5.92 Å². The van der Waals surface area contributed by atoms with Crippen molar-refractivity contribution in [2.75, 3.05) is 44.2 Å². The molecule has 0 bridgehead atoms. The lowest BCUT2D eigenvalue weighted by atomic mass is 10.1. The minimum absolute atomic E-state index is 0.0176. The molecular weight excluding hydrogens is 330 g/mol. The van der Waals surface area contributed by atoms with E-state index in [9.17, 15) is 9.59 Å². The Balaban J connectivity index is 1.78. The summed E-state index contributed by atoms with van der Waals surface area (Å²) in [5.41, 5.74) is 1.09. The lowest BCUT2D eigenvalue weighted by Gasteiger charge is -2.36. The van der Waals surface area contributed by atoms with Crippen LogP contribution in [0.1, 0.15) is 13.3 Å². The molecule has 2 N–H and O–H groups in total. The van der Waals surface area contributed by atoms with Crippen LogP contribution in [-0.2, 0) is 9.59 Å². The van der Waals surface area contributed by atoms with Crippen LogP contribution in [0.25, 0.3) is 0 Å². The first-order chi connectivity index (χ1) is 11.5. The van der Waals surface area contributed by atoms with E-state index in [0.29, 0.717) is 24.5 Å². The fourth-order valence-corrected chi connectivity index (χ4v) is 2.81. The third-order valence-electron chi connectivity index (χ3n) is 4.32. The molecule has 0 spiro atoms. The minimum atomic E-state index is -0.445. The first-order valence-electron chi connectivity index (χ1n) is 8.22. The minimum Gasteiger partial charge on any atom is -0.396 e. The van der Waals surface area contributed by atoms with Crippen molar-refractivity contribution >= 4 is 29.1 Å². The molecule has 1 aliphatic rings. The average Bonchev–Trinajstić information content (AvgIpc) is 2.61. The lowest BCUT2D eigenvalue weighted by Crippen LogP contribution is -2.51. The largest absolute Gasteiger partial charge is 0.396 e. The van der Waals surface area contributed by atoms with E-state index in [4.69, 9.17) is 16.7 Å². The van der Waals surface area contributed by atoms with E-state index < -0.39 is 5.92 Å². The maximum Gasteiger partial charge on any atom is 0.242 e. The molecule has 1 aromatic carbocycles. The second-order valence-electron chi connectivity index (χ2n) is 5.85. The number of aliphatic hydroxyl groups excluding tert-OH is 1. The Hall–Kier alpha value is -1.79. The average molecular weight is 354 g/mol. The lowest BCUT2D eigenvalue weighted by molar-refractivity contribution is -0.134. The van der Waals surface area contributed by atoms with Gasteiger partial charge in [-0.15, -0.1) is 0 Å². The van der Waals surface area contributed by atoms with Gasteiger partial charge in [-0.25, -0.2) is 0 Å². The molecule has 1 heterocycles. The molecule has 2 amide bonds. The predicted molar refractivity (Wildman–Crippen MR) is 94.1 cm³/mol. The second kappa shape index (κ2) is 8.89. The van der Waals surface area contributed by atoms with Gasteiger partial charge in [-0.05, 0) is 30.7 Å². The molecule has 1 aromatic rings. The van der Waals surface area contributed by atoms with Crippen LogP contribution >= 0.6 is 11.6 Å². The number of amides is 2. The first kappa shape index (κ1) is 18.5. The van der Waals surface area contributed by atoms with Gasteiger partial charge >= 0.3 is 0 Å². The quantitative estimate of drug-likeness (QED) is 0.804. The van der Waals surface area contributed by atoms with Gasteiger partial charge in [0, 0.05) is 36.9 Å². The third kappa shape index (κ3) is 4.85. The van der Waals surface area contributed by atoms with Gasteiger partial charge in [0.05, 0.1) is 19.1 Å². The summed E-state index contributed by atoms with van der Waals surface area (Å²) < 4.78 is 0. The van der Waals surface area contributed by atoms with Gasteiger partial charge in [0.1, 0.15) is 0 Å². The topological polar surface area (TPSA) is 72.9 Å². The monoisotopic (exact) mass is 353 g/mol. The van der Waals surface area contributed by atoms with Gasteiger partial charge in [0.2, 0.25) is 11.8 Å². The first-order valence-corrected chi connectivity index (χ1v) is 8.59. The van der Waals surface area contributed by atoms with Crippen LogP contribution < -0.4 is 10.2 Å². The molecule has 24 heavy (non-hydrogen) atoms. The Labute approximate surface area is 147 Å². The Kier molecular flexibility index (Phi) is 6.87. The summed E-state index contributed by atoms with van der Waals surface area (Å²) in [5.74, 6) is -0.806. The molecule has 1 atom stereocenters. The Morgan fingerprint density at radius 1 is 1.21 bits per heavy atom. The van der Waals surface area contributed by atoms with E-state index in [1.807, 2.05) is 31.2 Å². The summed E-state index contributed by atoms with van der Waals surface area (Å²) in [4.78, 5) is 28.0. The molecule has 0 saturated carbocycles. The number of halogens is 1. The molecule has 6 nitrogen and oxygen atoms in total. The maximum atomic E-state index is 12.2. The zero-order valence-corrected chi connectivity index (χ0v) is 14.6. The molecule has 2 rings (SSSR count). The van der Waals surface area contributed by atoms with Crippen molar-refractivity contribution < 1.29 is 14.7 Å². The zero-order chi connectivity index (χ0) is 17.5. The van der Waals surface area contributed by atoms with Gasteiger partial charge in [-0.2, -0.15) is 0 Å². The number of aliphatic hydroxyl groups is 1. The van der Waals surface area contributed by atoms with Crippen LogP contribution in [0.3, 0.4) is 0 Å². The number of nitrogens with one attached hydrogen (secondary N) is 1. The summed E-state index contributed by atoms with van der Waals surface area (Å²) in [6.07, 6.45) is 0.552. The summed E-state index contributed by atoms with van der Waals surface area (Å²) >= 11 is 5.90. The van der Waals surface area contributed by atoms with Gasteiger partial charge in [-0.3, -0.25) is 9.59 Å². The molecule has 7 heteroatoms. The number of hydrogen-bond donors (Lipinski definition) is 2. The molecular formula is C17H24ClN3O3. The number of carbonyl (C=O) groups is 2. The van der Waals surface area contributed by atoms with E-state index >= 15 is 0 Å². The van der Waals surface area contributed by atoms with E-state index in [0.717, 1.165) is 18.8 Å². The number of rotatable bonds is 6. The number of nitrogens with zero attached hydrogens (tertiary/aromatic N) is 2. The van der Waals surface area contributed by atoms with Gasteiger partial charge in [-0.1, -0.05) is 18.5 Å². The van der Waals surface area contributed by atoms with Gasteiger partial charge in [0.25, 0.3) is 0 Å². The Bertz CT molecular complexity index is 553. The number of anilines is 1. The Morgan fingerprint density at radius 3 is 2.38 bits per heavy atom. The predicted octanol–water partition coefficient (Wildman–Crippen LogP) is 1.12. The number of benzene rings is 1. The third-order valence-corrected chi connectivity index (χ3v) is 4.57. The van der Waals surface area contributed by atoms with Crippen molar-refractivity contribution in [2.24, 2.45) is 5.92 Å². The molecule has 1 saturated heterocycles. The maximum absolute atomic E-state index is 12.2. The second-order valence-corrected chi connectivity index (χ2v) is 6.29. The molecule has 132 valence electrons. The highest BCUT2D eigenvalue weighted by Crippen LogP contribution is 2.19. The normalized spacial score (nSPS) is 16.0. The number of hydrogen-bond acceptors (Lipinski definition) is 4. The van der Waals surface area contributed by atoms with Crippen LogP contribution in [0.4, 0.5) is 5.69 Å². The van der Waals surface area contributed by atoms with Crippen LogP contribution in [0.2, 0.25) is 5.02 Å². The van der Waals surface area contributed by atoms with Crippen molar-refractivity contribution in [3.8, 4) is 0 Å². The number of piperazine rings is 1. The molecule has 1 aliphatic heterocycles. The summed E-state index contributed by atoms with van der Waals surface area (Å²) in [7, 11) is 0. The molecule has 0 aliphatic carbocycles. The van der Waals surface area contributed by atoms with E-state index in [-0.39, 0.29) is 25.0 Å². The fraction of sp³-hybridized carbons (Fsp3) is 0.529. The van der Waals surface area contributed by atoms with Crippen molar-refractivity contribution in [3.63, 3.8) is 0 Å². The van der Waals surface area contributed by atoms with Gasteiger partial charge in [0.15, 0.2) is 0 Å². The van der Waals surface area contributed by atoms with E-state index in [2.05, 4.69) is 10.2 Å². The van der Waals surface area contributed by atoms with Crippen LogP contribution in [0.15, 0.2) is 24.3 Å². The summed E-state index contributed by atoms with van der Waals surface area (Å²) in [6.45, 7) is 4.35. The standard InChI is InChI=1S/C17H24ClN3O3/c1-2-13(12-22)17(24)19-11-16(23)21-9-7-20(8-10-21)15-5-3-14(18)4-6-15/h3-6,13,22H,2,7-12H2,1H3,(H,19,24)/t13-/m1/s1.